The zero-order valence-electron chi connectivity index (χ0n) is 10.1. The summed E-state index contributed by atoms with van der Waals surface area (Å²) in [6.07, 6.45) is 1.86. The van der Waals surface area contributed by atoms with Crippen LogP contribution in [0, 0.1) is 5.92 Å². The van der Waals surface area contributed by atoms with Crippen molar-refractivity contribution in [3.05, 3.63) is 29.8 Å². The highest BCUT2D eigenvalue weighted by Gasteiger charge is 2.32. The number of alkyl halides is 1. The molecule has 2 unspecified atom stereocenters. The lowest BCUT2D eigenvalue weighted by Crippen LogP contribution is -2.39. The molecule has 0 radical (unpaired) electrons. The van der Waals surface area contributed by atoms with Crippen molar-refractivity contribution in [1.29, 1.82) is 0 Å². The number of nitrogens with zero attached hydrogens (tertiary/aromatic N) is 1. The van der Waals surface area contributed by atoms with Gasteiger partial charge >= 0.3 is 0 Å². The van der Waals surface area contributed by atoms with Crippen molar-refractivity contribution in [3.63, 3.8) is 0 Å². The van der Waals surface area contributed by atoms with Gasteiger partial charge in [-0.1, -0.05) is 34.1 Å². The van der Waals surface area contributed by atoms with E-state index in [2.05, 4.69) is 15.9 Å². The van der Waals surface area contributed by atoms with Crippen LogP contribution in [0.2, 0.25) is 0 Å². The van der Waals surface area contributed by atoms with Gasteiger partial charge in [0, 0.05) is 17.9 Å². The van der Waals surface area contributed by atoms with Crippen molar-refractivity contribution >= 4 is 21.8 Å². The fourth-order valence-corrected chi connectivity index (χ4v) is 3.22. The average molecular weight is 310 g/mol. The van der Waals surface area contributed by atoms with E-state index in [-0.39, 0.29) is 11.8 Å². The van der Waals surface area contributed by atoms with Crippen LogP contribution in [-0.4, -0.2) is 35.3 Å². The second kappa shape index (κ2) is 4.92. The van der Waals surface area contributed by atoms with Gasteiger partial charge in [-0.3, -0.25) is 4.79 Å². The van der Waals surface area contributed by atoms with E-state index < -0.39 is 0 Å². The summed E-state index contributed by atoms with van der Waals surface area (Å²) in [5, 5.41) is 0. The number of carbonyl (C=O) groups is 1. The first-order valence-electron chi connectivity index (χ1n) is 6.37. The fourth-order valence-electron chi connectivity index (χ4n) is 2.66. The van der Waals surface area contributed by atoms with E-state index >= 15 is 0 Å². The third-order valence-electron chi connectivity index (χ3n) is 3.67. The van der Waals surface area contributed by atoms with E-state index in [1.807, 2.05) is 29.2 Å². The molecule has 3 nitrogen and oxygen atoms in total. The number of amides is 1. The van der Waals surface area contributed by atoms with Crippen molar-refractivity contribution < 1.29 is 9.53 Å². The van der Waals surface area contributed by atoms with Crippen LogP contribution in [0.4, 0.5) is 0 Å². The van der Waals surface area contributed by atoms with Gasteiger partial charge in [0.05, 0.1) is 5.92 Å². The summed E-state index contributed by atoms with van der Waals surface area (Å²) in [5.41, 5.74) is 1.15. The molecule has 1 aromatic carbocycles. The number of fused-ring (bicyclic) bond motifs is 1. The fraction of sp³-hybridized carbons (Fsp3) is 0.500. The van der Waals surface area contributed by atoms with Crippen LogP contribution in [0.5, 0.6) is 5.75 Å². The lowest BCUT2D eigenvalue weighted by atomic mass is 9.95. The minimum absolute atomic E-state index is 0.0160. The Morgan fingerprint density at radius 2 is 2.22 bits per heavy atom. The number of ether oxygens (including phenoxy) is 1. The summed E-state index contributed by atoms with van der Waals surface area (Å²) in [7, 11) is 0. The number of hydrogen-bond donors (Lipinski definition) is 0. The predicted molar refractivity (Wildman–Crippen MR) is 73.0 cm³/mol. The van der Waals surface area contributed by atoms with E-state index in [9.17, 15) is 4.79 Å². The molecule has 96 valence electrons. The smallest absolute Gasteiger partial charge is 0.229 e. The molecule has 0 aliphatic carbocycles. The number of benzene rings is 1. The minimum atomic E-state index is -0.0160. The van der Waals surface area contributed by atoms with Gasteiger partial charge in [-0.15, -0.1) is 0 Å². The van der Waals surface area contributed by atoms with E-state index in [1.165, 1.54) is 0 Å². The molecule has 4 heteroatoms. The molecule has 0 spiro atoms. The molecular weight excluding hydrogens is 294 g/mol. The first-order valence-corrected chi connectivity index (χ1v) is 7.29. The third kappa shape index (κ3) is 2.26. The molecule has 2 atom stereocenters. The molecule has 1 saturated heterocycles. The highest BCUT2D eigenvalue weighted by atomic mass is 79.9. The zero-order valence-corrected chi connectivity index (χ0v) is 11.7. The average Bonchev–Trinajstić information content (AvgIpc) is 2.84. The number of para-hydroxylation sites is 1. The maximum absolute atomic E-state index is 12.4. The molecule has 3 rings (SSSR count). The SMILES string of the molecule is O=C(C1COc2ccccc2C1)N1CCC(Br)C1. The van der Waals surface area contributed by atoms with E-state index in [1.54, 1.807) is 0 Å². The Kier molecular flexibility index (Phi) is 3.29. The Bertz CT molecular complexity index is 463. The molecular formula is C14H16BrNO2. The van der Waals surface area contributed by atoms with Crippen LogP contribution < -0.4 is 4.74 Å². The van der Waals surface area contributed by atoms with Crippen molar-refractivity contribution in [3.8, 4) is 5.75 Å². The number of carbonyl (C=O) groups excluding carboxylic acids is 1. The summed E-state index contributed by atoms with van der Waals surface area (Å²) in [4.78, 5) is 14.8. The van der Waals surface area contributed by atoms with E-state index in [0.717, 1.165) is 37.2 Å². The highest BCUT2D eigenvalue weighted by Crippen LogP contribution is 2.29. The quantitative estimate of drug-likeness (QED) is 0.745. The van der Waals surface area contributed by atoms with Crippen LogP contribution in [-0.2, 0) is 11.2 Å². The summed E-state index contributed by atoms with van der Waals surface area (Å²) >= 11 is 3.57. The maximum atomic E-state index is 12.4. The molecule has 0 aromatic heterocycles. The number of halogens is 1. The zero-order chi connectivity index (χ0) is 12.5. The Labute approximate surface area is 115 Å². The van der Waals surface area contributed by atoms with Crippen LogP contribution in [0.15, 0.2) is 24.3 Å². The summed E-state index contributed by atoms with van der Waals surface area (Å²) in [6, 6.07) is 7.99. The molecule has 2 aliphatic heterocycles. The molecule has 0 saturated carbocycles. The van der Waals surface area contributed by atoms with Crippen LogP contribution in [0.1, 0.15) is 12.0 Å². The lowest BCUT2D eigenvalue weighted by molar-refractivity contribution is -0.135. The van der Waals surface area contributed by atoms with Crippen LogP contribution in [0.3, 0.4) is 0 Å². The first-order chi connectivity index (χ1) is 8.74. The molecule has 0 N–H and O–H groups in total. The summed E-state index contributed by atoms with van der Waals surface area (Å²) in [5.74, 6) is 1.16. The third-order valence-corrected chi connectivity index (χ3v) is 4.42. The van der Waals surface area contributed by atoms with Gasteiger partial charge in [0.25, 0.3) is 0 Å². The second-order valence-electron chi connectivity index (χ2n) is 4.99. The monoisotopic (exact) mass is 309 g/mol. The van der Waals surface area contributed by atoms with Crippen molar-refractivity contribution in [2.45, 2.75) is 17.7 Å². The van der Waals surface area contributed by atoms with Gasteiger partial charge in [0.15, 0.2) is 0 Å². The highest BCUT2D eigenvalue weighted by molar-refractivity contribution is 9.09. The van der Waals surface area contributed by atoms with E-state index in [4.69, 9.17) is 4.74 Å². The molecule has 1 fully saturated rings. The Hall–Kier alpha value is -1.03. The molecule has 0 bridgehead atoms. The molecule has 1 aromatic rings. The predicted octanol–water partition coefficient (Wildman–Crippen LogP) is 2.23. The normalized spacial score (nSPS) is 26.6. The van der Waals surface area contributed by atoms with Gasteiger partial charge in [-0.05, 0) is 24.5 Å². The van der Waals surface area contributed by atoms with Crippen molar-refractivity contribution in [1.82, 2.24) is 4.90 Å². The lowest BCUT2D eigenvalue weighted by Gasteiger charge is -2.28. The Morgan fingerprint density at radius 3 is 3.00 bits per heavy atom. The molecule has 2 aliphatic rings. The van der Waals surface area contributed by atoms with Gasteiger partial charge in [-0.2, -0.15) is 0 Å². The summed E-state index contributed by atoms with van der Waals surface area (Å²) in [6.45, 7) is 2.21. The number of rotatable bonds is 1. The largest absolute Gasteiger partial charge is 0.492 e. The minimum Gasteiger partial charge on any atom is -0.492 e. The van der Waals surface area contributed by atoms with Gasteiger partial charge < -0.3 is 9.64 Å². The molecule has 18 heavy (non-hydrogen) atoms. The van der Waals surface area contributed by atoms with Crippen LogP contribution >= 0.6 is 15.9 Å². The summed E-state index contributed by atoms with van der Waals surface area (Å²) < 4.78 is 5.68. The molecule has 2 heterocycles. The topological polar surface area (TPSA) is 29.5 Å². The van der Waals surface area contributed by atoms with Crippen molar-refractivity contribution in [2.24, 2.45) is 5.92 Å². The maximum Gasteiger partial charge on any atom is 0.229 e. The Morgan fingerprint density at radius 1 is 1.39 bits per heavy atom. The second-order valence-corrected chi connectivity index (χ2v) is 6.28. The van der Waals surface area contributed by atoms with Gasteiger partial charge in [0.1, 0.15) is 12.4 Å². The van der Waals surface area contributed by atoms with Crippen molar-refractivity contribution in [2.75, 3.05) is 19.7 Å². The van der Waals surface area contributed by atoms with Gasteiger partial charge in [-0.25, -0.2) is 0 Å². The molecule has 1 amide bonds. The van der Waals surface area contributed by atoms with Crippen LogP contribution in [0.25, 0.3) is 0 Å². The number of hydrogen-bond acceptors (Lipinski definition) is 2. The van der Waals surface area contributed by atoms with E-state index in [0.29, 0.717) is 11.4 Å². The van der Waals surface area contributed by atoms with Gasteiger partial charge in [0.2, 0.25) is 5.91 Å². The Balaban J connectivity index is 1.70. The number of likely N-dealkylation sites (tertiary alicyclic amines) is 1. The standard InChI is InChI=1S/C14H16BrNO2/c15-12-5-6-16(8-12)14(17)11-7-10-3-1-2-4-13(10)18-9-11/h1-4,11-12H,5-9H2. The first kappa shape index (κ1) is 12.0.